The summed E-state index contributed by atoms with van der Waals surface area (Å²) in [6.07, 6.45) is -0.712. The first-order valence-electron chi connectivity index (χ1n) is 7.46. The molecule has 0 aromatic heterocycles. The van der Waals surface area contributed by atoms with Gasteiger partial charge in [-0.2, -0.15) is 0 Å². The lowest BCUT2D eigenvalue weighted by molar-refractivity contribution is -0.122. The monoisotopic (exact) mass is 326 g/mol. The zero-order valence-electron chi connectivity index (χ0n) is 12.8. The third-order valence-corrected chi connectivity index (χ3v) is 4.70. The van der Waals surface area contributed by atoms with E-state index in [0.29, 0.717) is 16.5 Å². The van der Waals surface area contributed by atoms with Crippen LogP contribution in [0.2, 0.25) is 5.02 Å². The first-order chi connectivity index (χ1) is 11.0. The number of halogens is 1. The van der Waals surface area contributed by atoms with Gasteiger partial charge in [0.1, 0.15) is 0 Å². The molecule has 5 heteroatoms. The van der Waals surface area contributed by atoms with E-state index in [0.717, 1.165) is 22.5 Å². The highest BCUT2D eigenvalue weighted by molar-refractivity contribution is 6.32. The van der Waals surface area contributed by atoms with Crippen molar-refractivity contribution in [1.29, 1.82) is 0 Å². The smallest absolute Gasteiger partial charge is 0.220 e. The van der Waals surface area contributed by atoms with Crippen LogP contribution < -0.4 is 5.32 Å². The molecule has 2 aliphatic heterocycles. The molecule has 1 N–H and O–H groups in total. The average Bonchev–Trinajstić information content (AvgIpc) is 2.83. The maximum Gasteiger partial charge on any atom is 0.220 e. The molecule has 0 saturated carbocycles. The molecule has 4 nitrogen and oxygen atoms in total. The van der Waals surface area contributed by atoms with Crippen LogP contribution in [0.25, 0.3) is 0 Å². The number of carbonyl (C=O) groups excluding carboxylic acids is 1. The lowest BCUT2D eigenvalue weighted by atomic mass is 10.0. The zero-order chi connectivity index (χ0) is 16.1. The number of fused-ring (bicyclic) bond motifs is 2. The number of aliphatic imine (C=N–C) groups is 1. The van der Waals surface area contributed by atoms with E-state index in [-0.39, 0.29) is 5.78 Å². The van der Waals surface area contributed by atoms with Gasteiger partial charge in [0, 0.05) is 10.6 Å². The number of nitrogens with one attached hydrogen (secondary N) is 1. The second-order valence-corrected chi connectivity index (χ2v) is 6.31. The van der Waals surface area contributed by atoms with Crippen LogP contribution in [0.15, 0.2) is 41.4 Å². The number of rotatable bonds is 1. The standard InChI is InChI=1S/C18H15ClN2O2/c1-9-7-13-14(8-10(9)2)21-18-15(20-13)16(22)17(23-18)11-5-3-4-6-12(11)19/h3-8,15,17,20H,1-2H3/t15-,17-/m1/s1. The molecule has 2 atom stereocenters. The van der Waals surface area contributed by atoms with E-state index in [9.17, 15) is 4.79 Å². The number of anilines is 1. The number of Topliss-reactive ketones (excluding diaryl/α,β-unsaturated/α-hetero) is 1. The van der Waals surface area contributed by atoms with Crippen LogP contribution in [0.4, 0.5) is 11.4 Å². The van der Waals surface area contributed by atoms with Gasteiger partial charge < -0.3 is 10.1 Å². The Balaban J connectivity index is 1.74. The Morgan fingerprint density at radius 3 is 2.70 bits per heavy atom. The molecular weight excluding hydrogens is 312 g/mol. The van der Waals surface area contributed by atoms with Crippen LogP contribution in [0, 0.1) is 13.8 Å². The summed E-state index contributed by atoms with van der Waals surface area (Å²) in [6.45, 7) is 4.07. The molecule has 4 rings (SSSR count). The quantitative estimate of drug-likeness (QED) is 0.857. The maximum absolute atomic E-state index is 12.7. The van der Waals surface area contributed by atoms with Gasteiger partial charge in [0.25, 0.3) is 0 Å². The Kier molecular flexibility index (Phi) is 3.16. The van der Waals surface area contributed by atoms with Gasteiger partial charge in [0.15, 0.2) is 12.1 Å². The van der Waals surface area contributed by atoms with Crippen molar-refractivity contribution in [3.05, 3.63) is 58.1 Å². The molecule has 2 aromatic rings. The van der Waals surface area contributed by atoms with Crippen molar-refractivity contribution in [3.8, 4) is 0 Å². The number of aryl methyl sites for hydroxylation is 2. The van der Waals surface area contributed by atoms with Crippen LogP contribution in [-0.4, -0.2) is 17.7 Å². The lowest BCUT2D eigenvalue weighted by Crippen LogP contribution is -2.34. The van der Waals surface area contributed by atoms with E-state index < -0.39 is 12.1 Å². The molecule has 0 amide bonds. The summed E-state index contributed by atoms with van der Waals surface area (Å²) in [5.41, 5.74) is 4.64. The van der Waals surface area contributed by atoms with E-state index in [1.165, 1.54) is 0 Å². The van der Waals surface area contributed by atoms with E-state index in [1.807, 2.05) is 44.2 Å². The van der Waals surface area contributed by atoms with Gasteiger partial charge >= 0.3 is 0 Å². The molecule has 0 bridgehead atoms. The molecule has 0 aliphatic carbocycles. The molecule has 1 fully saturated rings. The number of benzene rings is 2. The van der Waals surface area contributed by atoms with Crippen LogP contribution in [-0.2, 0) is 9.53 Å². The number of ether oxygens (including phenoxy) is 1. The van der Waals surface area contributed by atoms with Crippen molar-refractivity contribution in [3.63, 3.8) is 0 Å². The van der Waals surface area contributed by atoms with Crippen LogP contribution in [0.5, 0.6) is 0 Å². The van der Waals surface area contributed by atoms with Gasteiger partial charge in [-0.3, -0.25) is 4.79 Å². The summed E-state index contributed by atoms with van der Waals surface area (Å²) in [5, 5.41) is 3.77. The van der Waals surface area contributed by atoms with Crippen molar-refractivity contribution in [2.24, 2.45) is 4.99 Å². The number of nitrogens with zero attached hydrogens (tertiary/aromatic N) is 1. The fourth-order valence-electron chi connectivity index (χ4n) is 2.93. The molecular formula is C18H15ClN2O2. The molecule has 0 unspecified atom stereocenters. The highest BCUT2D eigenvalue weighted by atomic mass is 35.5. The molecule has 2 heterocycles. The second-order valence-electron chi connectivity index (χ2n) is 5.90. The van der Waals surface area contributed by atoms with Gasteiger partial charge in [-0.15, -0.1) is 0 Å². The number of ketones is 1. The Labute approximate surface area is 139 Å². The highest BCUT2D eigenvalue weighted by Gasteiger charge is 2.45. The van der Waals surface area contributed by atoms with Crippen LogP contribution in [0.3, 0.4) is 0 Å². The van der Waals surface area contributed by atoms with Gasteiger partial charge in [-0.1, -0.05) is 29.8 Å². The van der Waals surface area contributed by atoms with Crippen molar-refractivity contribution >= 4 is 34.7 Å². The Bertz CT molecular complexity index is 860. The SMILES string of the molecule is Cc1cc2c(cc1C)N[C@@H]1C(=O)[C@@H](c3ccccc3Cl)OC1=N2. The zero-order valence-corrected chi connectivity index (χ0v) is 13.5. The van der Waals surface area contributed by atoms with E-state index >= 15 is 0 Å². The maximum atomic E-state index is 12.7. The summed E-state index contributed by atoms with van der Waals surface area (Å²) in [7, 11) is 0. The molecule has 0 spiro atoms. The fourth-order valence-corrected chi connectivity index (χ4v) is 3.17. The average molecular weight is 327 g/mol. The minimum atomic E-state index is -0.712. The fraction of sp³-hybridized carbons (Fsp3) is 0.222. The third kappa shape index (κ3) is 2.21. The molecule has 2 aliphatic rings. The number of carbonyl (C=O) groups is 1. The first kappa shape index (κ1) is 14.3. The topological polar surface area (TPSA) is 50.7 Å². The summed E-state index contributed by atoms with van der Waals surface area (Å²) in [6, 6.07) is 10.7. The number of hydrogen-bond acceptors (Lipinski definition) is 4. The van der Waals surface area contributed by atoms with Gasteiger partial charge in [0.2, 0.25) is 11.7 Å². The van der Waals surface area contributed by atoms with Gasteiger partial charge in [-0.05, 0) is 43.2 Å². The predicted octanol–water partition coefficient (Wildman–Crippen LogP) is 4.12. The van der Waals surface area contributed by atoms with Crippen molar-refractivity contribution in [2.75, 3.05) is 5.32 Å². The third-order valence-electron chi connectivity index (χ3n) is 4.36. The van der Waals surface area contributed by atoms with Crippen LogP contribution in [0.1, 0.15) is 22.8 Å². The summed E-state index contributed by atoms with van der Waals surface area (Å²) < 4.78 is 5.82. The lowest BCUT2D eigenvalue weighted by Gasteiger charge is -2.20. The Morgan fingerprint density at radius 2 is 1.91 bits per heavy atom. The summed E-state index contributed by atoms with van der Waals surface area (Å²) in [4.78, 5) is 17.3. The van der Waals surface area contributed by atoms with Gasteiger partial charge in [-0.25, -0.2) is 4.99 Å². The highest BCUT2D eigenvalue weighted by Crippen LogP contribution is 2.39. The molecule has 116 valence electrons. The Hall–Kier alpha value is -2.33. The summed E-state index contributed by atoms with van der Waals surface area (Å²) in [5.74, 6) is 0.344. The van der Waals surface area contributed by atoms with Crippen molar-refractivity contribution < 1.29 is 9.53 Å². The van der Waals surface area contributed by atoms with Crippen LogP contribution >= 0.6 is 11.6 Å². The predicted molar refractivity (Wildman–Crippen MR) is 90.7 cm³/mol. The molecule has 23 heavy (non-hydrogen) atoms. The summed E-state index contributed by atoms with van der Waals surface area (Å²) >= 11 is 6.21. The first-order valence-corrected chi connectivity index (χ1v) is 7.83. The molecule has 0 radical (unpaired) electrons. The Morgan fingerprint density at radius 1 is 1.17 bits per heavy atom. The van der Waals surface area contributed by atoms with E-state index in [1.54, 1.807) is 6.07 Å². The molecule has 1 saturated heterocycles. The normalized spacial score (nSPS) is 21.9. The number of hydrogen-bond donors (Lipinski definition) is 1. The second kappa shape index (κ2) is 5.10. The van der Waals surface area contributed by atoms with Crippen molar-refractivity contribution in [1.82, 2.24) is 0 Å². The minimum absolute atomic E-state index is 0.0688. The largest absolute Gasteiger partial charge is 0.462 e. The van der Waals surface area contributed by atoms with E-state index in [2.05, 4.69) is 10.3 Å². The van der Waals surface area contributed by atoms with E-state index in [4.69, 9.17) is 16.3 Å². The molecule has 2 aromatic carbocycles. The minimum Gasteiger partial charge on any atom is -0.462 e. The van der Waals surface area contributed by atoms with Crippen molar-refractivity contribution in [2.45, 2.75) is 26.0 Å². The van der Waals surface area contributed by atoms with Gasteiger partial charge in [0.05, 0.1) is 11.4 Å².